The largest absolute Gasteiger partial charge is 0.496 e. The van der Waals surface area contributed by atoms with E-state index in [-0.39, 0.29) is 5.97 Å². The summed E-state index contributed by atoms with van der Waals surface area (Å²) in [6, 6.07) is 10.8. The number of rotatable bonds is 13. The van der Waals surface area contributed by atoms with Crippen LogP contribution in [-0.4, -0.2) is 26.3 Å². The van der Waals surface area contributed by atoms with Crippen LogP contribution in [0.2, 0.25) is 0 Å². The van der Waals surface area contributed by atoms with Gasteiger partial charge in [-0.15, -0.1) is 0 Å². The van der Waals surface area contributed by atoms with Crippen LogP contribution < -0.4 is 18.6 Å². The van der Waals surface area contributed by atoms with E-state index in [4.69, 9.17) is 14.2 Å². The number of nitrogens with zero attached hydrogens (tertiary/aromatic N) is 2. The number of aryl methyl sites for hydroxylation is 2. The predicted octanol–water partition coefficient (Wildman–Crippen LogP) is 5.32. The lowest BCUT2D eigenvalue weighted by Gasteiger charge is -2.24. The van der Waals surface area contributed by atoms with E-state index < -0.39 is 0 Å². The van der Waals surface area contributed by atoms with Gasteiger partial charge in [0.2, 0.25) is 0 Å². The number of pyridine rings is 2. The zero-order chi connectivity index (χ0) is 26.8. The van der Waals surface area contributed by atoms with Gasteiger partial charge in [0.1, 0.15) is 24.1 Å². The maximum atomic E-state index is 11.2. The molecule has 1 unspecified atom stereocenters. The van der Waals surface area contributed by atoms with E-state index in [0.29, 0.717) is 25.7 Å². The van der Waals surface area contributed by atoms with Crippen molar-refractivity contribution in [3.63, 3.8) is 0 Å². The molecule has 6 nitrogen and oxygen atoms in total. The molecule has 0 aliphatic rings. The van der Waals surface area contributed by atoms with E-state index in [9.17, 15) is 4.79 Å². The highest BCUT2D eigenvalue weighted by Crippen LogP contribution is 2.42. The Morgan fingerprint density at radius 2 is 1.62 bits per heavy atom. The summed E-state index contributed by atoms with van der Waals surface area (Å²) >= 11 is 0. The predicted molar refractivity (Wildman–Crippen MR) is 145 cm³/mol. The molecule has 2 aromatic heterocycles. The molecule has 0 N–H and O–H groups in total. The van der Waals surface area contributed by atoms with E-state index in [1.54, 1.807) is 7.11 Å². The van der Waals surface area contributed by atoms with Gasteiger partial charge in [-0.2, -0.15) is 0 Å². The molecule has 0 radical (unpaired) electrons. The zero-order valence-electron chi connectivity index (χ0n) is 23.3. The molecule has 0 spiro atoms. The Bertz CT molecular complexity index is 1160. The average molecular weight is 507 g/mol. The van der Waals surface area contributed by atoms with E-state index in [1.807, 2.05) is 18.5 Å². The molecule has 0 saturated carbocycles. The van der Waals surface area contributed by atoms with Gasteiger partial charge in [-0.1, -0.05) is 13.8 Å². The fourth-order valence-corrected chi connectivity index (χ4v) is 4.82. The normalized spacial score (nSPS) is 11.7. The minimum atomic E-state index is -0.229. The number of methoxy groups -OCH3 is 1. The summed E-state index contributed by atoms with van der Waals surface area (Å²) in [7, 11) is 3.76. The summed E-state index contributed by atoms with van der Waals surface area (Å²) in [4.78, 5) is 11.2. The molecule has 0 aliphatic carbocycles. The number of aromatic nitrogens is 2. The molecule has 1 atom stereocenters. The number of hydrogen-bond donors (Lipinski definition) is 0. The molecule has 0 amide bonds. The Morgan fingerprint density at radius 1 is 0.973 bits per heavy atom. The minimum absolute atomic E-state index is 0.229. The summed E-state index contributed by atoms with van der Waals surface area (Å²) in [5, 5.41) is 0. The number of hydrogen-bond acceptors (Lipinski definition) is 4. The van der Waals surface area contributed by atoms with E-state index in [2.05, 4.69) is 73.5 Å². The lowest BCUT2D eigenvalue weighted by Crippen LogP contribution is -2.34. The van der Waals surface area contributed by atoms with Crippen LogP contribution in [0.4, 0.5) is 0 Å². The maximum Gasteiger partial charge on any atom is 0.302 e. The second-order valence-electron chi connectivity index (χ2n) is 9.35. The molecule has 3 rings (SSSR count). The third-order valence-electron chi connectivity index (χ3n) is 6.78. The van der Waals surface area contributed by atoms with Crippen molar-refractivity contribution in [1.29, 1.82) is 0 Å². The molecule has 2 heterocycles. The van der Waals surface area contributed by atoms with Crippen molar-refractivity contribution in [2.24, 2.45) is 7.05 Å². The van der Waals surface area contributed by atoms with E-state index >= 15 is 0 Å². The number of benzene rings is 1. The summed E-state index contributed by atoms with van der Waals surface area (Å²) in [6.07, 6.45) is 11.9. The van der Waals surface area contributed by atoms with Crippen LogP contribution in [0.1, 0.15) is 69.6 Å². The molecule has 1 aromatic carbocycles. The number of ether oxygens (including phenoxy) is 3. The molecular weight excluding hydrogens is 464 g/mol. The number of carbonyl (C=O) groups is 1. The Balaban J connectivity index is 1.98. The number of carbonyl (C=O) groups excluding carboxylic acids is 1. The molecule has 0 saturated heterocycles. The van der Waals surface area contributed by atoms with Crippen LogP contribution in [0.15, 0.2) is 55.1 Å². The Morgan fingerprint density at radius 3 is 2.16 bits per heavy atom. The van der Waals surface area contributed by atoms with Gasteiger partial charge in [0.05, 0.1) is 20.3 Å². The van der Waals surface area contributed by atoms with Crippen molar-refractivity contribution in [2.45, 2.75) is 65.8 Å². The second kappa shape index (κ2) is 13.8. The zero-order valence-corrected chi connectivity index (χ0v) is 23.3. The summed E-state index contributed by atoms with van der Waals surface area (Å²) in [5.74, 6) is 1.89. The number of esters is 1. The van der Waals surface area contributed by atoms with Crippen LogP contribution >= 0.6 is 0 Å². The average Bonchev–Trinajstić information content (AvgIpc) is 2.90. The molecule has 0 aliphatic heterocycles. The minimum Gasteiger partial charge on any atom is -0.496 e. The quantitative estimate of drug-likeness (QED) is 0.179. The van der Waals surface area contributed by atoms with Crippen LogP contribution in [0.25, 0.3) is 11.1 Å². The lowest BCUT2D eigenvalue weighted by molar-refractivity contribution is -0.688. The van der Waals surface area contributed by atoms with Gasteiger partial charge in [0.15, 0.2) is 31.3 Å². The molecule has 3 aromatic rings. The molecule has 6 heteroatoms. The molecule has 0 fully saturated rings. The van der Waals surface area contributed by atoms with Crippen molar-refractivity contribution >= 4 is 5.97 Å². The topological polar surface area (TPSA) is 52.5 Å². The van der Waals surface area contributed by atoms with Gasteiger partial charge in [-0.25, -0.2) is 9.13 Å². The van der Waals surface area contributed by atoms with Gasteiger partial charge >= 0.3 is 5.97 Å². The van der Waals surface area contributed by atoms with E-state index in [0.717, 1.165) is 42.7 Å². The Kier molecular flexibility index (Phi) is 10.5. The Hall–Kier alpha value is -3.41. The Labute approximate surface area is 221 Å². The monoisotopic (exact) mass is 506 g/mol. The molecule has 0 bridgehead atoms. The summed E-state index contributed by atoms with van der Waals surface area (Å²) in [5.41, 5.74) is 5.84. The highest BCUT2D eigenvalue weighted by atomic mass is 16.5. The van der Waals surface area contributed by atoms with Gasteiger partial charge in [0.25, 0.3) is 0 Å². The highest BCUT2D eigenvalue weighted by molar-refractivity contribution is 5.65. The maximum absolute atomic E-state index is 11.2. The van der Waals surface area contributed by atoms with Gasteiger partial charge < -0.3 is 14.2 Å². The van der Waals surface area contributed by atoms with Crippen LogP contribution in [0.3, 0.4) is 0 Å². The fraction of sp³-hybridized carbons (Fsp3) is 0.452. The molecular formula is C31H42N2O4+2. The first-order chi connectivity index (χ1) is 17.9. The van der Waals surface area contributed by atoms with Gasteiger partial charge in [0, 0.05) is 31.2 Å². The molecule has 37 heavy (non-hydrogen) atoms. The standard InChI is InChI=1S/C31H42N2O4/c1-7-24(11-10-20-37-23(4)34)28-21-25(8-2)30(35-6)29(31(28)36-9-3)22-33-18-14-27(15-19-33)26-12-16-32(5)17-13-26/h12-19,21,24H,7-11,20,22H2,1-6H3/q+2. The van der Waals surface area contributed by atoms with Crippen molar-refractivity contribution < 1.29 is 28.1 Å². The van der Waals surface area contributed by atoms with Crippen LogP contribution in [0, 0.1) is 0 Å². The van der Waals surface area contributed by atoms with Crippen molar-refractivity contribution in [1.82, 2.24) is 0 Å². The van der Waals surface area contributed by atoms with Crippen molar-refractivity contribution in [3.8, 4) is 22.6 Å². The second-order valence-corrected chi connectivity index (χ2v) is 9.35. The highest BCUT2D eigenvalue weighted by Gasteiger charge is 2.26. The first-order valence-electron chi connectivity index (χ1n) is 13.3. The first-order valence-corrected chi connectivity index (χ1v) is 13.3. The summed E-state index contributed by atoms with van der Waals surface area (Å²) in [6.45, 7) is 9.52. The first kappa shape index (κ1) is 28.2. The summed E-state index contributed by atoms with van der Waals surface area (Å²) < 4.78 is 21.7. The van der Waals surface area contributed by atoms with Gasteiger partial charge in [-0.05, 0) is 66.8 Å². The third-order valence-corrected chi connectivity index (χ3v) is 6.78. The van der Waals surface area contributed by atoms with Crippen LogP contribution in [0.5, 0.6) is 11.5 Å². The smallest absolute Gasteiger partial charge is 0.302 e. The van der Waals surface area contributed by atoms with Gasteiger partial charge in [-0.3, -0.25) is 4.79 Å². The third kappa shape index (κ3) is 7.31. The SMILES string of the molecule is CCOc1c(C(CC)CCCOC(C)=O)cc(CC)c(OC)c1C[n+]1ccc(-c2cc[n+](C)cc2)cc1. The van der Waals surface area contributed by atoms with E-state index in [1.165, 1.54) is 29.2 Å². The fourth-order valence-electron chi connectivity index (χ4n) is 4.82. The van der Waals surface area contributed by atoms with Crippen LogP contribution in [-0.2, 0) is 29.5 Å². The lowest BCUT2D eigenvalue weighted by atomic mass is 9.87. The molecule has 198 valence electrons. The van der Waals surface area contributed by atoms with Crippen molar-refractivity contribution in [3.05, 3.63) is 71.8 Å². The van der Waals surface area contributed by atoms with Crippen molar-refractivity contribution in [2.75, 3.05) is 20.3 Å².